The lowest BCUT2D eigenvalue weighted by Crippen LogP contribution is -2.59. The molecule has 3 rings (SSSR count). The Bertz CT molecular complexity index is 462. The van der Waals surface area contributed by atoms with E-state index in [1.54, 1.807) is 0 Å². The van der Waals surface area contributed by atoms with E-state index in [0.717, 1.165) is 24.9 Å². The lowest BCUT2D eigenvalue weighted by atomic mass is 9.70. The summed E-state index contributed by atoms with van der Waals surface area (Å²) in [6.07, 6.45) is 5.99. The number of rotatable bonds is 2. The van der Waals surface area contributed by atoms with Gasteiger partial charge in [-0.15, -0.1) is 0 Å². The van der Waals surface area contributed by atoms with Crippen LogP contribution in [0.2, 0.25) is 0 Å². The fraction of sp³-hybridized carbons (Fsp3) is 0.562. The minimum Gasteiger partial charge on any atom is -0.349 e. The van der Waals surface area contributed by atoms with E-state index in [9.17, 15) is 4.79 Å². The molecule has 1 spiro atoms. The lowest BCUT2D eigenvalue weighted by Gasteiger charge is -2.48. The minimum absolute atomic E-state index is 0.0707. The van der Waals surface area contributed by atoms with Crippen LogP contribution in [-0.2, 0) is 0 Å². The second-order valence-corrected chi connectivity index (χ2v) is 6.09. The molecule has 2 N–H and O–H groups in total. The van der Waals surface area contributed by atoms with Gasteiger partial charge < -0.3 is 10.6 Å². The highest BCUT2D eigenvalue weighted by atomic mass is 16.1. The topological polar surface area (TPSA) is 41.1 Å². The number of carbonyl (C=O) groups is 1. The highest BCUT2D eigenvalue weighted by Gasteiger charge is 2.41. The van der Waals surface area contributed by atoms with E-state index in [2.05, 4.69) is 10.6 Å². The monoisotopic (exact) mass is 258 g/mol. The van der Waals surface area contributed by atoms with Crippen molar-refractivity contribution in [2.75, 3.05) is 6.54 Å². The average Bonchev–Trinajstić information content (AvgIpc) is 2.38. The number of hydrogen-bond donors (Lipinski definition) is 2. The first-order valence-corrected chi connectivity index (χ1v) is 7.29. The molecular formula is C16H22N2O. The number of benzene rings is 1. The standard InChI is InChI=1S/C16H22N2O/c1-12-3-5-13(6-4-12)15(19)18-14-7-10-17-16(11-14)8-2-9-16/h3-6,14,17H,2,7-11H2,1H3,(H,18,19). The number of amides is 1. The van der Waals surface area contributed by atoms with Crippen molar-refractivity contribution in [2.24, 2.45) is 0 Å². The summed E-state index contributed by atoms with van der Waals surface area (Å²) >= 11 is 0. The number of nitrogens with one attached hydrogen (secondary N) is 2. The Hall–Kier alpha value is -1.35. The lowest BCUT2D eigenvalue weighted by molar-refractivity contribution is 0.0853. The maximum atomic E-state index is 12.2. The molecule has 0 radical (unpaired) electrons. The van der Waals surface area contributed by atoms with Gasteiger partial charge in [-0.1, -0.05) is 17.7 Å². The summed E-state index contributed by atoms with van der Waals surface area (Å²) in [5.41, 5.74) is 2.29. The van der Waals surface area contributed by atoms with Crippen molar-refractivity contribution in [1.82, 2.24) is 10.6 Å². The van der Waals surface area contributed by atoms with Crippen molar-refractivity contribution < 1.29 is 4.79 Å². The molecule has 1 aliphatic carbocycles. The first-order chi connectivity index (χ1) is 9.17. The minimum atomic E-state index is 0.0707. The molecule has 1 saturated heterocycles. The maximum absolute atomic E-state index is 12.2. The molecular weight excluding hydrogens is 236 g/mol. The third-order valence-electron chi connectivity index (χ3n) is 4.59. The fourth-order valence-electron chi connectivity index (χ4n) is 3.24. The third-order valence-corrected chi connectivity index (χ3v) is 4.59. The SMILES string of the molecule is Cc1ccc(C(=O)NC2CCNC3(CCC3)C2)cc1. The van der Waals surface area contributed by atoms with Gasteiger partial charge in [0.2, 0.25) is 0 Å². The molecule has 1 heterocycles. The van der Waals surface area contributed by atoms with Crippen LogP contribution in [0.5, 0.6) is 0 Å². The van der Waals surface area contributed by atoms with E-state index in [4.69, 9.17) is 0 Å². The number of carbonyl (C=O) groups excluding carboxylic acids is 1. The van der Waals surface area contributed by atoms with Crippen molar-refractivity contribution in [1.29, 1.82) is 0 Å². The fourth-order valence-corrected chi connectivity index (χ4v) is 3.24. The van der Waals surface area contributed by atoms with E-state index < -0.39 is 0 Å². The molecule has 3 nitrogen and oxygen atoms in total. The van der Waals surface area contributed by atoms with E-state index >= 15 is 0 Å². The van der Waals surface area contributed by atoms with Crippen LogP contribution < -0.4 is 10.6 Å². The van der Waals surface area contributed by atoms with Crippen molar-refractivity contribution in [3.63, 3.8) is 0 Å². The second kappa shape index (κ2) is 4.97. The molecule has 0 bridgehead atoms. The molecule has 2 fully saturated rings. The Morgan fingerprint density at radius 1 is 1.32 bits per heavy atom. The highest BCUT2D eigenvalue weighted by Crippen LogP contribution is 2.38. The second-order valence-electron chi connectivity index (χ2n) is 6.09. The summed E-state index contributed by atoms with van der Waals surface area (Å²) in [7, 11) is 0. The van der Waals surface area contributed by atoms with Gasteiger partial charge in [0.25, 0.3) is 5.91 Å². The predicted octanol–water partition coefficient (Wildman–Crippen LogP) is 2.40. The molecule has 1 aromatic carbocycles. The van der Waals surface area contributed by atoms with E-state index in [1.165, 1.54) is 24.8 Å². The summed E-state index contributed by atoms with van der Waals surface area (Å²) < 4.78 is 0. The Kier molecular flexibility index (Phi) is 3.31. The van der Waals surface area contributed by atoms with E-state index in [-0.39, 0.29) is 5.91 Å². The van der Waals surface area contributed by atoms with Crippen LogP contribution in [-0.4, -0.2) is 24.0 Å². The van der Waals surface area contributed by atoms with Gasteiger partial charge in [0.15, 0.2) is 0 Å². The quantitative estimate of drug-likeness (QED) is 0.855. The van der Waals surface area contributed by atoms with Crippen molar-refractivity contribution in [3.8, 4) is 0 Å². The predicted molar refractivity (Wildman–Crippen MR) is 76.3 cm³/mol. The first-order valence-electron chi connectivity index (χ1n) is 7.29. The third kappa shape index (κ3) is 2.66. The number of aryl methyl sites for hydroxylation is 1. The molecule has 2 aliphatic rings. The number of hydrogen-bond acceptors (Lipinski definition) is 2. The van der Waals surface area contributed by atoms with E-state index in [1.807, 2.05) is 31.2 Å². The first kappa shape index (κ1) is 12.7. The van der Waals surface area contributed by atoms with Gasteiger partial charge in [0.05, 0.1) is 0 Å². The molecule has 1 unspecified atom stereocenters. The Balaban J connectivity index is 1.61. The zero-order valence-corrected chi connectivity index (χ0v) is 11.5. The van der Waals surface area contributed by atoms with Crippen LogP contribution in [0.15, 0.2) is 24.3 Å². The Labute approximate surface area is 114 Å². The summed E-state index contributed by atoms with van der Waals surface area (Å²) in [6.45, 7) is 3.06. The van der Waals surface area contributed by atoms with Gasteiger partial charge in [-0.05, 0) is 57.7 Å². The maximum Gasteiger partial charge on any atom is 0.251 e. The van der Waals surface area contributed by atoms with Crippen molar-refractivity contribution in [3.05, 3.63) is 35.4 Å². The molecule has 0 aromatic heterocycles. The van der Waals surface area contributed by atoms with E-state index in [0.29, 0.717) is 11.6 Å². The molecule has 1 aromatic rings. The molecule has 1 atom stereocenters. The summed E-state index contributed by atoms with van der Waals surface area (Å²) in [5.74, 6) is 0.0707. The zero-order chi connectivity index (χ0) is 13.3. The van der Waals surface area contributed by atoms with Crippen LogP contribution in [0.3, 0.4) is 0 Å². The van der Waals surface area contributed by atoms with Crippen molar-refractivity contribution in [2.45, 2.75) is 50.6 Å². The molecule has 3 heteroatoms. The van der Waals surface area contributed by atoms with Gasteiger partial charge in [-0.25, -0.2) is 0 Å². The van der Waals surface area contributed by atoms with Gasteiger partial charge in [-0.3, -0.25) is 4.79 Å². The average molecular weight is 258 g/mol. The van der Waals surface area contributed by atoms with Crippen LogP contribution in [0.4, 0.5) is 0 Å². The van der Waals surface area contributed by atoms with Gasteiger partial charge >= 0.3 is 0 Å². The normalized spacial score (nSPS) is 24.8. The molecule has 102 valence electrons. The summed E-state index contributed by atoms with van der Waals surface area (Å²) in [4.78, 5) is 12.2. The van der Waals surface area contributed by atoms with Gasteiger partial charge in [-0.2, -0.15) is 0 Å². The highest BCUT2D eigenvalue weighted by molar-refractivity contribution is 5.94. The molecule has 1 amide bonds. The number of piperidine rings is 1. The molecule has 1 aliphatic heterocycles. The van der Waals surface area contributed by atoms with Crippen molar-refractivity contribution >= 4 is 5.91 Å². The Morgan fingerprint density at radius 2 is 2.05 bits per heavy atom. The zero-order valence-electron chi connectivity index (χ0n) is 11.5. The smallest absolute Gasteiger partial charge is 0.251 e. The van der Waals surface area contributed by atoms with Crippen LogP contribution in [0, 0.1) is 6.92 Å². The van der Waals surface area contributed by atoms with Gasteiger partial charge in [0.1, 0.15) is 0 Å². The van der Waals surface area contributed by atoms with Crippen LogP contribution in [0.25, 0.3) is 0 Å². The summed E-state index contributed by atoms with van der Waals surface area (Å²) in [5, 5.41) is 6.83. The Morgan fingerprint density at radius 3 is 2.68 bits per heavy atom. The summed E-state index contributed by atoms with van der Waals surface area (Å²) in [6, 6.07) is 8.13. The molecule has 19 heavy (non-hydrogen) atoms. The van der Waals surface area contributed by atoms with Crippen LogP contribution >= 0.6 is 0 Å². The molecule has 1 saturated carbocycles. The largest absolute Gasteiger partial charge is 0.349 e. The van der Waals surface area contributed by atoms with Crippen LogP contribution in [0.1, 0.15) is 48.0 Å². The van der Waals surface area contributed by atoms with Gasteiger partial charge in [0, 0.05) is 17.1 Å².